The Morgan fingerprint density at radius 3 is 2.75 bits per heavy atom. The van der Waals surface area contributed by atoms with Crippen molar-refractivity contribution in [3.63, 3.8) is 0 Å². The van der Waals surface area contributed by atoms with Gasteiger partial charge in [-0.25, -0.2) is 0 Å². The lowest BCUT2D eigenvalue weighted by atomic mass is 10.1. The van der Waals surface area contributed by atoms with E-state index in [1.165, 1.54) is 5.56 Å². The third-order valence-electron chi connectivity index (χ3n) is 2.48. The van der Waals surface area contributed by atoms with Gasteiger partial charge in [0.15, 0.2) is 0 Å². The van der Waals surface area contributed by atoms with Gasteiger partial charge in [0.25, 0.3) is 0 Å². The molecule has 0 heterocycles. The van der Waals surface area contributed by atoms with Crippen LogP contribution in [0.1, 0.15) is 30.5 Å². The van der Waals surface area contributed by atoms with Crippen LogP contribution in [0.15, 0.2) is 18.2 Å². The Labute approximate surface area is 103 Å². The van der Waals surface area contributed by atoms with E-state index in [9.17, 15) is 0 Å². The highest BCUT2D eigenvalue weighted by Gasteiger charge is 2.03. The number of hydrogen-bond acceptors (Lipinski definition) is 3. The SMILES string of the molecule is CSCCCOc1ccc(C(C)N)cc1C. The van der Waals surface area contributed by atoms with E-state index in [1.807, 2.05) is 30.8 Å². The van der Waals surface area contributed by atoms with Crippen LogP contribution in [0.3, 0.4) is 0 Å². The fourth-order valence-electron chi connectivity index (χ4n) is 1.50. The molecule has 1 aromatic rings. The Balaban J connectivity index is 2.54. The van der Waals surface area contributed by atoms with Gasteiger partial charge in [-0.05, 0) is 49.5 Å². The number of aryl methyl sites for hydroxylation is 1. The van der Waals surface area contributed by atoms with Gasteiger partial charge in [0.2, 0.25) is 0 Å². The Morgan fingerprint density at radius 1 is 1.44 bits per heavy atom. The van der Waals surface area contributed by atoms with Gasteiger partial charge < -0.3 is 10.5 Å². The van der Waals surface area contributed by atoms with E-state index in [2.05, 4.69) is 19.2 Å². The van der Waals surface area contributed by atoms with Crippen LogP contribution in [0.4, 0.5) is 0 Å². The van der Waals surface area contributed by atoms with Crippen molar-refractivity contribution in [3.05, 3.63) is 29.3 Å². The van der Waals surface area contributed by atoms with E-state index in [1.54, 1.807) is 0 Å². The standard InChI is InChI=1S/C13H21NOS/c1-10-9-12(11(2)14)5-6-13(10)15-7-4-8-16-3/h5-6,9,11H,4,7-8,14H2,1-3H3. The molecule has 90 valence electrons. The largest absolute Gasteiger partial charge is 0.493 e. The number of nitrogens with two attached hydrogens (primary N) is 1. The summed E-state index contributed by atoms with van der Waals surface area (Å²) in [4.78, 5) is 0. The number of rotatable bonds is 6. The molecule has 0 aliphatic carbocycles. The van der Waals surface area contributed by atoms with Crippen molar-refractivity contribution >= 4 is 11.8 Å². The van der Waals surface area contributed by atoms with Crippen molar-refractivity contribution in [2.75, 3.05) is 18.6 Å². The molecular formula is C13H21NOS. The smallest absolute Gasteiger partial charge is 0.122 e. The summed E-state index contributed by atoms with van der Waals surface area (Å²) < 4.78 is 5.72. The predicted molar refractivity (Wildman–Crippen MR) is 72.3 cm³/mol. The van der Waals surface area contributed by atoms with Gasteiger partial charge in [-0.1, -0.05) is 12.1 Å². The normalized spacial score (nSPS) is 12.5. The average Bonchev–Trinajstić information content (AvgIpc) is 2.26. The van der Waals surface area contributed by atoms with Crippen molar-refractivity contribution in [1.82, 2.24) is 0 Å². The number of hydrogen-bond donors (Lipinski definition) is 1. The maximum Gasteiger partial charge on any atom is 0.122 e. The quantitative estimate of drug-likeness (QED) is 0.775. The summed E-state index contributed by atoms with van der Waals surface area (Å²) >= 11 is 1.85. The third-order valence-corrected chi connectivity index (χ3v) is 3.17. The van der Waals surface area contributed by atoms with Crippen LogP contribution >= 0.6 is 11.8 Å². The number of benzene rings is 1. The van der Waals surface area contributed by atoms with Crippen LogP contribution in [-0.4, -0.2) is 18.6 Å². The zero-order valence-electron chi connectivity index (χ0n) is 10.3. The molecule has 0 bridgehead atoms. The first-order valence-electron chi connectivity index (χ1n) is 5.63. The van der Waals surface area contributed by atoms with Crippen molar-refractivity contribution in [1.29, 1.82) is 0 Å². The molecule has 0 radical (unpaired) electrons. The highest BCUT2D eigenvalue weighted by molar-refractivity contribution is 7.98. The van der Waals surface area contributed by atoms with E-state index in [0.29, 0.717) is 0 Å². The molecule has 0 saturated carbocycles. The molecule has 1 unspecified atom stereocenters. The molecule has 2 N–H and O–H groups in total. The number of ether oxygens (including phenoxy) is 1. The lowest BCUT2D eigenvalue weighted by Crippen LogP contribution is -2.06. The van der Waals surface area contributed by atoms with Crippen molar-refractivity contribution < 1.29 is 4.74 Å². The van der Waals surface area contributed by atoms with Gasteiger partial charge in [0.1, 0.15) is 5.75 Å². The molecule has 1 rings (SSSR count). The van der Waals surface area contributed by atoms with Gasteiger partial charge in [0.05, 0.1) is 6.61 Å². The lowest BCUT2D eigenvalue weighted by Gasteiger charge is -2.12. The predicted octanol–water partition coefficient (Wildman–Crippen LogP) is 3.15. The molecule has 0 amide bonds. The van der Waals surface area contributed by atoms with Crippen molar-refractivity contribution in [3.8, 4) is 5.75 Å². The van der Waals surface area contributed by atoms with E-state index >= 15 is 0 Å². The fraction of sp³-hybridized carbons (Fsp3) is 0.538. The minimum Gasteiger partial charge on any atom is -0.493 e. The highest BCUT2D eigenvalue weighted by atomic mass is 32.2. The Morgan fingerprint density at radius 2 is 2.19 bits per heavy atom. The second-order valence-electron chi connectivity index (χ2n) is 4.01. The second kappa shape index (κ2) is 6.81. The molecule has 0 aliphatic heterocycles. The zero-order chi connectivity index (χ0) is 12.0. The minimum absolute atomic E-state index is 0.0873. The summed E-state index contributed by atoms with van der Waals surface area (Å²) in [6.45, 7) is 4.85. The molecule has 0 spiro atoms. The third kappa shape index (κ3) is 4.06. The Hall–Kier alpha value is -0.670. The summed E-state index contributed by atoms with van der Waals surface area (Å²) in [5.41, 5.74) is 8.16. The van der Waals surface area contributed by atoms with E-state index in [4.69, 9.17) is 10.5 Å². The summed E-state index contributed by atoms with van der Waals surface area (Å²) in [6.07, 6.45) is 3.21. The van der Waals surface area contributed by atoms with Crippen LogP contribution in [0.25, 0.3) is 0 Å². The van der Waals surface area contributed by atoms with Crippen molar-refractivity contribution in [2.24, 2.45) is 5.73 Å². The van der Waals surface area contributed by atoms with E-state index in [-0.39, 0.29) is 6.04 Å². The molecule has 1 aromatic carbocycles. The maximum atomic E-state index is 5.83. The Bertz CT molecular complexity index is 326. The number of thioether (sulfide) groups is 1. The van der Waals surface area contributed by atoms with Gasteiger partial charge in [-0.2, -0.15) is 11.8 Å². The van der Waals surface area contributed by atoms with E-state index < -0.39 is 0 Å². The fourth-order valence-corrected chi connectivity index (χ4v) is 1.91. The molecule has 16 heavy (non-hydrogen) atoms. The van der Waals surface area contributed by atoms with Gasteiger partial charge in [0, 0.05) is 6.04 Å². The van der Waals surface area contributed by atoms with Crippen molar-refractivity contribution in [2.45, 2.75) is 26.3 Å². The van der Waals surface area contributed by atoms with Crippen LogP contribution in [0.5, 0.6) is 5.75 Å². The molecule has 3 heteroatoms. The molecule has 0 aliphatic rings. The molecule has 1 atom stereocenters. The first-order valence-corrected chi connectivity index (χ1v) is 7.02. The topological polar surface area (TPSA) is 35.2 Å². The molecule has 0 fully saturated rings. The minimum atomic E-state index is 0.0873. The average molecular weight is 239 g/mol. The summed E-state index contributed by atoms with van der Waals surface area (Å²) in [5.74, 6) is 2.13. The van der Waals surface area contributed by atoms with Crippen LogP contribution < -0.4 is 10.5 Å². The molecule has 0 saturated heterocycles. The van der Waals surface area contributed by atoms with Gasteiger partial charge in [-0.3, -0.25) is 0 Å². The van der Waals surface area contributed by atoms with Gasteiger partial charge >= 0.3 is 0 Å². The van der Waals surface area contributed by atoms with Crippen LogP contribution in [0.2, 0.25) is 0 Å². The molecule has 2 nitrogen and oxygen atoms in total. The zero-order valence-corrected chi connectivity index (χ0v) is 11.1. The molecular weight excluding hydrogens is 218 g/mol. The Kier molecular flexibility index (Phi) is 5.71. The van der Waals surface area contributed by atoms with Gasteiger partial charge in [-0.15, -0.1) is 0 Å². The second-order valence-corrected chi connectivity index (χ2v) is 4.99. The summed E-state index contributed by atoms with van der Waals surface area (Å²) in [7, 11) is 0. The van der Waals surface area contributed by atoms with E-state index in [0.717, 1.165) is 30.1 Å². The molecule has 0 aromatic heterocycles. The maximum absolute atomic E-state index is 5.83. The summed E-state index contributed by atoms with van der Waals surface area (Å²) in [5, 5.41) is 0. The van der Waals surface area contributed by atoms with Crippen LogP contribution in [-0.2, 0) is 0 Å². The lowest BCUT2D eigenvalue weighted by molar-refractivity contribution is 0.316. The highest BCUT2D eigenvalue weighted by Crippen LogP contribution is 2.22. The summed E-state index contributed by atoms with van der Waals surface area (Å²) in [6, 6.07) is 6.26. The first-order chi connectivity index (χ1) is 7.65. The monoisotopic (exact) mass is 239 g/mol. The first kappa shape index (κ1) is 13.4. The van der Waals surface area contributed by atoms with Crippen LogP contribution in [0, 0.1) is 6.92 Å².